The van der Waals surface area contributed by atoms with E-state index in [0.29, 0.717) is 6.42 Å². The van der Waals surface area contributed by atoms with Crippen molar-refractivity contribution in [2.45, 2.75) is 33.2 Å². The Hall–Kier alpha value is -1.31. The van der Waals surface area contributed by atoms with Gasteiger partial charge in [-0.3, -0.25) is 4.79 Å². The minimum atomic E-state index is 0.226. The fraction of sp³-hybridized carbons (Fsp3) is 0.417. The maximum Gasteiger partial charge on any atom is 0.231 e. The second kappa shape index (κ2) is 3.12. The van der Waals surface area contributed by atoms with Crippen LogP contribution in [0.2, 0.25) is 0 Å². The lowest BCUT2D eigenvalue weighted by Crippen LogP contribution is -2.33. The first kappa shape index (κ1) is 9.25. The van der Waals surface area contributed by atoms with Gasteiger partial charge in [0.05, 0.1) is 12.1 Å². The van der Waals surface area contributed by atoms with Crippen molar-refractivity contribution < 1.29 is 4.79 Å². The summed E-state index contributed by atoms with van der Waals surface area (Å²) >= 11 is 0. The highest BCUT2D eigenvalue weighted by Gasteiger charge is 2.29. The Morgan fingerprint density at radius 1 is 1.36 bits per heavy atom. The fourth-order valence-corrected chi connectivity index (χ4v) is 2.13. The average molecular weight is 189 g/mol. The Kier molecular flexibility index (Phi) is 2.06. The normalized spacial score (nSPS) is 15.1. The molecule has 0 saturated heterocycles. The molecule has 0 spiro atoms. The number of amides is 1. The lowest BCUT2D eigenvalue weighted by molar-refractivity contribution is -0.117. The maximum absolute atomic E-state index is 11.8. The number of para-hydroxylation sites is 1. The SMILES string of the molecule is Cc1cccc2c1N(C(C)C)C(=O)C2. The summed E-state index contributed by atoms with van der Waals surface area (Å²) in [6.07, 6.45) is 0.565. The molecule has 1 aromatic carbocycles. The number of nitrogens with zero attached hydrogens (tertiary/aromatic N) is 1. The molecule has 1 aliphatic heterocycles. The van der Waals surface area contributed by atoms with Gasteiger partial charge < -0.3 is 4.90 Å². The van der Waals surface area contributed by atoms with E-state index in [2.05, 4.69) is 26.8 Å². The molecule has 74 valence electrons. The molecule has 0 atom stereocenters. The Bertz CT molecular complexity index is 382. The zero-order valence-electron chi connectivity index (χ0n) is 8.87. The molecule has 0 N–H and O–H groups in total. The first-order valence-electron chi connectivity index (χ1n) is 5.02. The predicted molar refractivity (Wildman–Crippen MR) is 57.5 cm³/mol. The third-order valence-corrected chi connectivity index (χ3v) is 2.69. The van der Waals surface area contributed by atoms with Gasteiger partial charge in [0.2, 0.25) is 5.91 Å². The van der Waals surface area contributed by atoms with Crippen LogP contribution in [0.1, 0.15) is 25.0 Å². The summed E-state index contributed by atoms with van der Waals surface area (Å²) in [7, 11) is 0. The number of carbonyl (C=O) groups is 1. The molecule has 1 aliphatic rings. The molecule has 0 fully saturated rings. The predicted octanol–water partition coefficient (Wildman–Crippen LogP) is 2.29. The van der Waals surface area contributed by atoms with Crippen molar-refractivity contribution in [3.05, 3.63) is 29.3 Å². The van der Waals surface area contributed by atoms with E-state index in [4.69, 9.17) is 0 Å². The molecule has 2 nitrogen and oxygen atoms in total. The third-order valence-electron chi connectivity index (χ3n) is 2.69. The van der Waals surface area contributed by atoms with Crippen molar-refractivity contribution in [3.8, 4) is 0 Å². The van der Waals surface area contributed by atoms with Gasteiger partial charge in [-0.15, -0.1) is 0 Å². The van der Waals surface area contributed by atoms with Crippen LogP contribution in [-0.4, -0.2) is 11.9 Å². The van der Waals surface area contributed by atoms with E-state index < -0.39 is 0 Å². The molecule has 2 heteroatoms. The highest BCUT2D eigenvalue weighted by Crippen LogP contribution is 2.33. The number of carbonyl (C=O) groups excluding carboxylic acids is 1. The average Bonchev–Trinajstić information content (AvgIpc) is 2.42. The summed E-state index contributed by atoms with van der Waals surface area (Å²) in [6.45, 7) is 6.17. The largest absolute Gasteiger partial charge is 0.309 e. The first-order valence-corrected chi connectivity index (χ1v) is 5.02. The number of hydrogen-bond acceptors (Lipinski definition) is 1. The zero-order chi connectivity index (χ0) is 10.3. The summed E-state index contributed by atoms with van der Waals surface area (Å²) in [4.78, 5) is 13.7. The number of aryl methyl sites for hydroxylation is 1. The van der Waals surface area contributed by atoms with Gasteiger partial charge in [-0.2, -0.15) is 0 Å². The third kappa shape index (κ3) is 1.22. The van der Waals surface area contributed by atoms with E-state index >= 15 is 0 Å². The summed E-state index contributed by atoms with van der Waals surface area (Å²) in [5.41, 5.74) is 3.50. The fourth-order valence-electron chi connectivity index (χ4n) is 2.13. The molecule has 2 rings (SSSR count). The van der Waals surface area contributed by atoms with Crippen LogP contribution in [-0.2, 0) is 11.2 Å². The second-order valence-electron chi connectivity index (χ2n) is 4.12. The van der Waals surface area contributed by atoms with Gasteiger partial charge in [-0.05, 0) is 31.9 Å². The quantitative estimate of drug-likeness (QED) is 0.663. The van der Waals surface area contributed by atoms with Gasteiger partial charge in [0.25, 0.3) is 0 Å². The molecule has 1 aromatic rings. The highest BCUT2D eigenvalue weighted by molar-refractivity contribution is 6.02. The molecule has 0 unspecified atom stereocenters. The van der Waals surface area contributed by atoms with Gasteiger partial charge in [-0.25, -0.2) is 0 Å². The number of hydrogen-bond donors (Lipinski definition) is 0. The molecular formula is C12H15NO. The minimum absolute atomic E-state index is 0.226. The summed E-state index contributed by atoms with van der Waals surface area (Å²) in [5, 5.41) is 0. The van der Waals surface area contributed by atoms with Crippen molar-refractivity contribution in [2.24, 2.45) is 0 Å². The van der Waals surface area contributed by atoms with Crippen LogP contribution in [0, 0.1) is 6.92 Å². The van der Waals surface area contributed by atoms with Crippen LogP contribution in [0.15, 0.2) is 18.2 Å². The molecule has 0 aliphatic carbocycles. The van der Waals surface area contributed by atoms with Crippen LogP contribution in [0.3, 0.4) is 0 Å². The monoisotopic (exact) mass is 189 g/mol. The minimum Gasteiger partial charge on any atom is -0.309 e. The van der Waals surface area contributed by atoms with Gasteiger partial charge in [0, 0.05) is 6.04 Å². The van der Waals surface area contributed by atoms with E-state index in [9.17, 15) is 4.79 Å². The lowest BCUT2D eigenvalue weighted by Gasteiger charge is -2.23. The highest BCUT2D eigenvalue weighted by atomic mass is 16.2. The zero-order valence-corrected chi connectivity index (χ0v) is 8.87. The number of benzene rings is 1. The van der Waals surface area contributed by atoms with Crippen LogP contribution in [0.25, 0.3) is 0 Å². The molecular weight excluding hydrogens is 174 g/mol. The van der Waals surface area contributed by atoms with Crippen LogP contribution in [0.5, 0.6) is 0 Å². The molecule has 0 aromatic heterocycles. The van der Waals surface area contributed by atoms with E-state index in [-0.39, 0.29) is 11.9 Å². The van der Waals surface area contributed by atoms with Gasteiger partial charge in [0.1, 0.15) is 0 Å². The summed E-state index contributed by atoms with van der Waals surface area (Å²) < 4.78 is 0. The van der Waals surface area contributed by atoms with Gasteiger partial charge in [-0.1, -0.05) is 18.2 Å². The van der Waals surface area contributed by atoms with Crippen LogP contribution in [0.4, 0.5) is 5.69 Å². The van der Waals surface area contributed by atoms with E-state index in [1.54, 1.807) is 0 Å². The summed E-state index contributed by atoms with van der Waals surface area (Å²) in [6, 6.07) is 6.38. The Balaban J connectivity index is 2.55. The molecule has 1 heterocycles. The maximum atomic E-state index is 11.8. The number of anilines is 1. The Labute approximate surface area is 84.5 Å². The van der Waals surface area contributed by atoms with Crippen LogP contribution >= 0.6 is 0 Å². The van der Waals surface area contributed by atoms with Crippen molar-refractivity contribution >= 4 is 11.6 Å². The molecule has 0 saturated carbocycles. The Morgan fingerprint density at radius 2 is 2.07 bits per heavy atom. The number of rotatable bonds is 1. The Morgan fingerprint density at radius 3 is 2.71 bits per heavy atom. The van der Waals surface area contributed by atoms with Crippen LogP contribution < -0.4 is 4.90 Å². The lowest BCUT2D eigenvalue weighted by atomic mass is 10.1. The molecule has 0 bridgehead atoms. The van der Waals surface area contributed by atoms with Crippen molar-refractivity contribution in [2.75, 3.05) is 4.90 Å². The van der Waals surface area contributed by atoms with Crippen molar-refractivity contribution in [1.29, 1.82) is 0 Å². The van der Waals surface area contributed by atoms with E-state index in [1.165, 1.54) is 11.1 Å². The van der Waals surface area contributed by atoms with E-state index in [0.717, 1.165) is 5.69 Å². The number of fused-ring (bicyclic) bond motifs is 1. The second-order valence-corrected chi connectivity index (χ2v) is 4.12. The van der Waals surface area contributed by atoms with Crippen molar-refractivity contribution in [1.82, 2.24) is 0 Å². The van der Waals surface area contributed by atoms with Gasteiger partial charge >= 0.3 is 0 Å². The molecule has 14 heavy (non-hydrogen) atoms. The van der Waals surface area contributed by atoms with E-state index in [1.807, 2.05) is 17.0 Å². The standard InChI is InChI=1S/C12H15NO/c1-8(2)13-11(14)7-10-6-4-5-9(3)12(10)13/h4-6,8H,7H2,1-3H3. The topological polar surface area (TPSA) is 20.3 Å². The molecule has 1 amide bonds. The first-order chi connectivity index (χ1) is 6.61. The van der Waals surface area contributed by atoms with Crippen molar-refractivity contribution in [3.63, 3.8) is 0 Å². The van der Waals surface area contributed by atoms with Gasteiger partial charge in [0.15, 0.2) is 0 Å². The smallest absolute Gasteiger partial charge is 0.231 e. The summed E-state index contributed by atoms with van der Waals surface area (Å²) in [5.74, 6) is 0.226. The molecule has 0 radical (unpaired) electrons.